The Labute approximate surface area is 138 Å². The Morgan fingerprint density at radius 1 is 1.14 bits per heavy atom. The molecule has 0 unspecified atom stereocenters. The first-order chi connectivity index (χ1) is 10.1. The van der Waals surface area contributed by atoms with Crippen molar-refractivity contribution < 1.29 is 9.47 Å². The second kappa shape index (κ2) is 7.16. The lowest BCUT2D eigenvalue weighted by molar-refractivity contribution is 0.390. The molecule has 1 N–H and O–H groups in total. The molecule has 0 spiro atoms. The number of methoxy groups -OCH3 is 2. The molecule has 112 valence electrons. The van der Waals surface area contributed by atoms with Gasteiger partial charge >= 0.3 is 0 Å². The summed E-state index contributed by atoms with van der Waals surface area (Å²) in [5.74, 6) is 1.48. The molecule has 2 rings (SSSR count). The summed E-state index contributed by atoms with van der Waals surface area (Å²) >= 11 is 9.74. The Balaban J connectivity index is 2.56. The third-order valence-electron chi connectivity index (χ3n) is 3.21. The van der Waals surface area contributed by atoms with Crippen LogP contribution in [0.15, 0.2) is 34.8 Å². The Bertz CT molecular complexity index is 646. The van der Waals surface area contributed by atoms with E-state index in [0.29, 0.717) is 6.54 Å². The van der Waals surface area contributed by atoms with Crippen molar-refractivity contribution in [3.8, 4) is 22.6 Å². The summed E-state index contributed by atoms with van der Waals surface area (Å²) < 4.78 is 11.6. The van der Waals surface area contributed by atoms with Crippen molar-refractivity contribution in [3.05, 3.63) is 45.4 Å². The molecule has 0 saturated heterocycles. The third-order valence-corrected chi connectivity index (χ3v) is 4.33. The van der Waals surface area contributed by atoms with Crippen LogP contribution < -0.4 is 14.8 Å². The predicted molar refractivity (Wildman–Crippen MR) is 90.5 cm³/mol. The van der Waals surface area contributed by atoms with Gasteiger partial charge in [0.15, 0.2) is 0 Å². The predicted octanol–water partition coefficient (Wildman–Crippen LogP) is 4.51. The molecular weight excluding hydrogens is 354 g/mol. The topological polar surface area (TPSA) is 30.5 Å². The van der Waals surface area contributed by atoms with Gasteiger partial charge in [0.05, 0.1) is 14.2 Å². The van der Waals surface area contributed by atoms with E-state index in [1.807, 2.05) is 31.3 Å². The maximum atomic E-state index is 6.21. The molecule has 0 saturated carbocycles. The van der Waals surface area contributed by atoms with Crippen molar-refractivity contribution in [2.75, 3.05) is 21.3 Å². The number of benzene rings is 2. The molecule has 0 amide bonds. The molecule has 0 fully saturated rings. The van der Waals surface area contributed by atoms with Gasteiger partial charge in [0.1, 0.15) is 16.0 Å². The van der Waals surface area contributed by atoms with Crippen LogP contribution in [0.3, 0.4) is 0 Å². The molecule has 5 heteroatoms. The fourth-order valence-electron chi connectivity index (χ4n) is 2.19. The van der Waals surface area contributed by atoms with E-state index in [0.717, 1.165) is 37.7 Å². The lowest BCUT2D eigenvalue weighted by Gasteiger charge is -2.15. The van der Waals surface area contributed by atoms with Gasteiger partial charge in [-0.15, -0.1) is 0 Å². The fraction of sp³-hybridized carbons (Fsp3) is 0.250. The number of halogens is 2. The zero-order valence-corrected chi connectivity index (χ0v) is 14.5. The first-order valence-electron chi connectivity index (χ1n) is 6.46. The highest BCUT2D eigenvalue weighted by Gasteiger charge is 2.15. The highest BCUT2D eigenvalue weighted by Crippen LogP contribution is 2.42. The lowest BCUT2D eigenvalue weighted by atomic mass is 10.0. The smallest absolute Gasteiger partial charge is 0.144 e. The molecule has 0 atom stereocenters. The molecule has 0 heterocycles. The molecule has 0 aliphatic heterocycles. The van der Waals surface area contributed by atoms with Crippen molar-refractivity contribution >= 4 is 27.5 Å². The van der Waals surface area contributed by atoms with Crippen LogP contribution in [-0.2, 0) is 6.54 Å². The zero-order valence-electron chi connectivity index (χ0n) is 12.2. The van der Waals surface area contributed by atoms with Crippen LogP contribution in [0.5, 0.6) is 11.5 Å². The van der Waals surface area contributed by atoms with Gasteiger partial charge in [-0.1, -0.05) is 17.7 Å². The van der Waals surface area contributed by atoms with Gasteiger partial charge in [-0.05, 0) is 58.4 Å². The van der Waals surface area contributed by atoms with Crippen LogP contribution in [0.25, 0.3) is 11.1 Å². The van der Waals surface area contributed by atoms with Gasteiger partial charge in [0.2, 0.25) is 0 Å². The highest BCUT2D eigenvalue weighted by atomic mass is 79.9. The van der Waals surface area contributed by atoms with Crippen molar-refractivity contribution in [2.24, 2.45) is 0 Å². The average molecular weight is 371 g/mol. The number of hydrogen-bond donors (Lipinski definition) is 1. The van der Waals surface area contributed by atoms with E-state index in [1.54, 1.807) is 14.2 Å². The molecule has 0 aromatic heterocycles. The van der Waals surface area contributed by atoms with Crippen molar-refractivity contribution in [3.63, 3.8) is 0 Å². The van der Waals surface area contributed by atoms with E-state index in [1.165, 1.54) is 0 Å². The van der Waals surface area contributed by atoms with E-state index in [2.05, 4.69) is 27.3 Å². The van der Waals surface area contributed by atoms with Gasteiger partial charge < -0.3 is 14.8 Å². The second-order valence-corrected chi connectivity index (χ2v) is 5.70. The minimum atomic E-state index is 0.715. The highest BCUT2D eigenvalue weighted by molar-refractivity contribution is 9.10. The summed E-state index contributed by atoms with van der Waals surface area (Å²) in [6, 6.07) is 9.85. The van der Waals surface area contributed by atoms with Crippen LogP contribution in [0.4, 0.5) is 0 Å². The van der Waals surface area contributed by atoms with Crippen molar-refractivity contribution in [1.82, 2.24) is 5.32 Å². The summed E-state index contributed by atoms with van der Waals surface area (Å²) in [6.45, 7) is 0.715. The average Bonchev–Trinajstić information content (AvgIpc) is 2.49. The van der Waals surface area contributed by atoms with Gasteiger partial charge in [0, 0.05) is 17.1 Å². The summed E-state index contributed by atoms with van der Waals surface area (Å²) in [7, 11) is 5.17. The maximum absolute atomic E-state index is 6.21. The summed E-state index contributed by atoms with van der Waals surface area (Å²) in [5.41, 5.74) is 3.08. The Kier molecular flexibility index (Phi) is 5.51. The SMILES string of the molecule is CNCc1cc(-c2ccc(OC)c(Br)c2OC)ccc1Cl. The second-order valence-electron chi connectivity index (χ2n) is 4.50. The van der Waals surface area contributed by atoms with E-state index in [-0.39, 0.29) is 0 Å². The molecule has 2 aromatic carbocycles. The van der Waals surface area contributed by atoms with E-state index < -0.39 is 0 Å². The molecule has 0 radical (unpaired) electrons. The largest absolute Gasteiger partial charge is 0.495 e. The van der Waals surface area contributed by atoms with Gasteiger partial charge in [-0.2, -0.15) is 0 Å². The number of rotatable bonds is 5. The van der Waals surface area contributed by atoms with Crippen LogP contribution in [0.1, 0.15) is 5.56 Å². The lowest BCUT2D eigenvalue weighted by Crippen LogP contribution is -2.05. The molecular formula is C16H17BrClNO2. The Morgan fingerprint density at radius 3 is 2.52 bits per heavy atom. The van der Waals surface area contributed by atoms with Crippen molar-refractivity contribution in [2.45, 2.75) is 6.54 Å². The maximum Gasteiger partial charge on any atom is 0.144 e. The van der Waals surface area contributed by atoms with Gasteiger partial charge in [-0.25, -0.2) is 0 Å². The minimum absolute atomic E-state index is 0.715. The van der Waals surface area contributed by atoms with Crippen LogP contribution in [-0.4, -0.2) is 21.3 Å². The molecule has 2 aromatic rings. The molecule has 3 nitrogen and oxygen atoms in total. The van der Waals surface area contributed by atoms with Crippen LogP contribution in [0, 0.1) is 0 Å². The monoisotopic (exact) mass is 369 g/mol. The normalized spacial score (nSPS) is 10.5. The van der Waals surface area contributed by atoms with E-state index in [4.69, 9.17) is 21.1 Å². The molecule has 0 aliphatic rings. The summed E-state index contributed by atoms with van der Waals surface area (Å²) in [4.78, 5) is 0. The van der Waals surface area contributed by atoms with Crippen molar-refractivity contribution in [1.29, 1.82) is 0 Å². The standard InChI is InChI=1S/C16H17BrClNO2/c1-19-9-11-8-10(4-6-13(11)18)12-5-7-14(20-2)15(17)16(12)21-3/h4-8,19H,9H2,1-3H3. The zero-order chi connectivity index (χ0) is 15.4. The fourth-order valence-corrected chi connectivity index (χ4v) is 3.04. The van der Waals surface area contributed by atoms with Crippen LogP contribution in [0.2, 0.25) is 5.02 Å². The minimum Gasteiger partial charge on any atom is -0.495 e. The Morgan fingerprint density at radius 2 is 1.90 bits per heavy atom. The molecule has 21 heavy (non-hydrogen) atoms. The first kappa shape index (κ1) is 16.1. The quantitative estimate of drug-likeness (QED) is 0.840. The molecule has 0 bridgehead atoms. The third kappa shape index (κ3) is 3.34. The van der Waals surface area contributed by atoms with E-state index in [9.17, 15) is 0 Å². The number of nitrogens with one attached hydrogen (secondary N) is 1. The number of hydrogen-bond acceptors (Lipinski definition) is 3. The first-order valence-corrected chi connectivity index (χ1v) is 7.63. The summed E-state index contributed by atoms with van der Waals surface area (Å²) in [6.07, 6.45) is 0. The van der Waals surface area contributed by atoms with Crippen LogP contribution >= 0.6 is 27.5 Å². The number of ether oxygens (including phenoxy) is 2. The van der Waals surface area contributed by atoms with E-state index >= 15 is 0 Å². The summed E-state index contributed by atoms with van der Waals surface area (Å²) in [5, 5.41) is 3.87. The van der Waals surface area contributed by atoms with Gasteiger partial charge in [0.25, 0.3) is 0 Å². The molecule has 0 aliphatic carbocycles. The van der Waals surface area contributed by atoms with Gasteiger partial charge in [-0.3, -0.25) is 0 Å². The Hall–Kier alpha value is -1.23.